The Morgan fingerprint density at radius 2 is 1.57 bits per heavy atom. The standard InChI is InChI=1S/C39H52O10/c1-23(2)24(3)17-34(42)49-32-22-31-35(5)13-12-28(48-33(41)10-9-26-18-29(46-7)21-30(19-26)47-8)20-27(35)11-14-38(31,44)39(45)16-15-37(43,25(4)40)36(32,39)6/h9-11,17-19,21,23,28,31-32,43-45H,12-16,20,22H2,1-8H3/b10-9+,24-17+/t28-,31+,32+,35-,36+,37+,38-,39+/m0/s1. The van der Waals surface area contributed by atoms with Crippen molar-refractivity contribution in [2.45, 2.75) is 115 Å². The molecule has 1 aromatic carbocycles. The summed E-state index contributed by atoms with van der Waals surface area (Å²) >= 11 is 0. The molecule has 3 N–H and O–H groups in total. The van der Waals surface area contributed by atoms with E-state index in [-0.39, 0.29) is 31.6 Å². The molecule has 10 heteroatoms. The minimum absolute atomic E-state index is 0.0352. The molecule has 3 saturated carbocycles. The third-order valence-electron chi connectivity index (χ3n) is 12.7. The molecule has 0 spiro atoms. The molecular weight excluding hydrogens is 628 g/mol. The highest BCUT2D eigenvalue weighted by Gasteiger charge is 2.81. The molecule has 0 aromatic heterocycles. The Labute approximate surface area is 289 Å². The topological polar surface area (TPSA) is 149 Å². The van der Waals surface area contributed by atoms with E-state index in [2.05, 4.69) is 0 Å². The third-order valence-corrected chi connectivity index (χ3v) is 12.7. The van der Waals surface area contributed by atoms with Gasteiger partial charge in [0.05, 0.1) is 19.6 Å². The number of carbonyl (C=O) groups is 3. The molecule has 268 valence electrons. The Morgan fingerprint density at radius 3 is 2.16 bits per heavy atom. The summed E-state index contributed by atoms with van der Waals surface area (Å²) in [6.45, 7) is 10.7. The van der Waals surface area contributed by atoms with Crippen LogP contribution in [0.4, 0.5) is 0 Å². The molecule has 0 heterocycles. The molecule has 49 heavy (non-hydrogen) atoms. The van der Waals surface area contributed by atoms with E-state index in [0.717, 1.165) is 16.7 Å². The number of aliphatic hydroxyl groups is 3. The van der Waals surface area contributed by atoms with Gasteiger partial charge in [-0.25, -0.2) is 9.59 Å². The Morgan fingerprint density at radius 1 is 0.918 bits per heavy atom. The fourth-order valence-electron chi connectivity index (χ4n) is 9.28. The van der Waals surface area contributed by atoms with Gasteiger partial charge >= 0.3 is 11.9 Å². The van der Waals surface area contributed by atoms with Crippen LogP contribution in [0.3, 0.4) is 0 Å². The number of allylic oxidation sites excluding steroid dienone is 1. The van der Waals surface area contributed by atoms with Crippen molar-refractivity contribution < 1.29 is 48.7 Å². The Hall–Kier alpha value is -3.47. The molecule has 1 aromatic rings. The highest BCUT2D eigenvalue weighted by molar-refractivity contribution is 5.88. The molecule has 0 bridgehead atoms. The number of hydrogen-bond donors (Lipinski definition) is 3. The fraction of sp³-hybridized carbons (Fsp3) is 0.615. The normalized spacial score (nSPS) is 37.1. The number of hydrogen-bond acceptors (Lipinski definition) is 10. The summed E-state index contributed by atoms with van der Waals surface area (Å²) in [6, 6.07) is 5.30. The molecule has 3 fully saturated rings. The van der Waals surface area contributed by atoms with Crippen molar-refractivity contribution in [1.29, 1.82) is 0 Å². The Kier molecular flexibility index (Phi) is 9.77. The van der Waals surface area contributed by atoms with Crippen LogP contribution < -0.4 is 9.47 Å². The molecule has 0 aliphatic heterocycles. The largest absolute Gasteiger partial charge is 0.497 e. The lowest BCUT2D eigenvalue weighted by atomic mass is 9.42. The zero-order valence-corrected chi connectivity index (χ0v) is 30.0. The summed E-state index contributed by atoms with van der Waals surface area (Å²) in [5, 5.41) is 37.2. The van der Waals surface area contributed by atoms with E-state index in [1.54, 1.807) is 45.4 Å². The molecule has 0 unspecified atom stereocenters. The van der Waals surface area contributed by atoms with Gasteiger partial charge in [-0.15, -0.1) is 0 Å². The Balaban J connectivity index is 1.42. The second-order valence-electron chi connectivity index (χ2n) is 15.3. The summed E-state index contributed by atoms with van der Waals surface area (Å²) in [6.07, 6.45) is 6.52. The van der Waals surface area contributed by atoms with Crippen LogP contribution in [0.5, 0.6) is 11.5 Å². The molecule has 8 atom stereocenters. The zero-order chi connectivity index (χ0) is 36.2. The average Bonchev–Trinajstić information content (AvgIpc) is 3.29. The number of rotatable bonds is 9. The van der Waals surface area contributed by atoms with Crippen LogP contribution >= 0.6 is 0 Å². The summed E-state index contributed by atoms with van der Waals surface area (Å²) in [7, 11) is 3.11. The number of carbonyl (C=O) groups excluding carboxylic acids is 3. The van der Waals surface area contributed by atoms with Crippen LogP contribution in [0.15, 0.2) is 47.6 Å². The summed E-state index contributed by atoms with van der Waals surface area (Å²) < 4.78 is 22.6. The Bertz CT molecular complexity index is 1570. The zero-order valence-electron chi connectivity index (χ0n) is 30.0. The minimum atomic E-state index is -2.01. The van der Waals surface area contributed by atoms with Gasteiger partial charge in [-0.3, -0.25) is 4.79 Å². The van der Waals surface area contributed by atoms with E-state index in [0.29, 0.717) is 30.8 Å². The van der Waals surface area contributed by atoms with Gasteiger partial charge in [-0.1, -0.05) is 38.0 Å². The van der Waals surface area contributed by atoms with E-state index in [9.17, 15) is 29.7 Å². The van der Waals surface area contributed by atoms with Gasteiger partial charge < -0.3 is 34.3 Å². The van der Waals surface area contributed by atoms with Gasteiger partial charge in [0.2, 0.25) is 0 Å². The molecule has 5 rings (SSSR count). The van der Waals surface area contributed by atoms with Crippen molar-refractivity contribution >= 4 is 23.8 Å². The number of fused-ring (bicyclic) bond motifs is 5. The summed E-state index contributed by atoms with van der Waals surface area (Å²) in [5.41, 5.74) is -5.43. The molecular formula is C39H52O10. The first-order valence-corrected chi connectivity index (χ1v) is 17.3. The first-order valence-electron chi connectivity index (χ1n) is 17.3. The fourth-order valence-corrected chi connectivity index (χ4v) is 9.28. The van der Waals surface area contributed by atoms with Crippen molar-refractivity contribution in [1.82, 2.24) is 0 Å². The van der Waals surface area contributed by atoms with E-state index >= 15 is 0 Å². The maximum absolute atomic E-state index is 13.3. The van der Waals surface area contributed by atoms with Crippen molar-refractivity contribution in [3.63, 3.8) is 0 Å². The number of methoxy groups -OCH3 is 2. The first-order chi connectivity index (χ1) is 22.9. The van der Waals surface area contributed by atoms with Crippen molar-refractivity contribution in [2.75, 3.05) is 14.2 Å². The average molecular weight is 681 g/mol. The molecule has 0 amide bonds. The maximum Gasteiger partial charge on any atom is 0.331 e. The van der Waals surface area contributed by atoms with Gasteiger partial charge in [0.15, 0.2) is 5.78 Å². The van der Waals surface area contributed by atoms with Crippen molar-refractivity contribution in [3.8, 4) is 11.5 Å². The van der Waals surface area contributed by atoms with Crippen LogP contribution in [0.1, 0.15) is 92.1 Å². The molecule has 4 aliphatic rings. The van der Waals surface area contributed by atoms with E-state index in [1.165, 1.54) is 19.1 Å². The minimum Gasteiger partial charge on any atom is -0.497 e. The molecule has 0 radical (unpaired) electrons. The van der Waals surface area contributed by atoms with Crippen LogP contribution in [0.2, 0.25) is 0 Å². The lowest BCUT2D eigenvalue weighted by Crippen LogP contribution is -2.78. The number of ether oxygens (including phenoxy) is 4. The van der Waals surface area contributed by atoms with Gasteiger partial charge in [-0.05, 0) is 94.4 Å². The number of ketones is 1. The highest BCUT2D eigenvalue weighted by atomic mass is 16.6. The summed E-state index contributed by atoms with van der Waals surface area (Å²) in [5.74, 6) is -0.916. The van der Waals surface area contributed by atoms with E-state index in [4.69, 9.17) is 18.9 Å². The molecule has 4 aliphatic carbocycles. The number of esters is 2. The predicted octanol–water partition coefficient (Wildman–Crippen LogP) is 5.27. The first kappa shape index (κ1) is 36.8. The predicted molar refractivity (Wildman–Crippen MR) is 183 cm³/mol. The van der Waals surface area contributed by atoms with Crippen LogP contribution in [0.25, 0.3) is 6.08 Å². The monoisotopic (exact) mass is 680 g/mol. The van der Waals surface area contributed by atoms with Crippen molar-refractivity contribution in [2.24, 2.45) is 22.7 Å². The van der Waals surface area contributed by atoms with Gasteiger partial charge in [0.25, 0.3) is 0 Å². The SMILES string of the molecule is COc1cc(/C=C/C(=O)O[C@H]2CC[C@@]3(C)C(=CC[C@]4(O)[C@@H]3C[C@@H](OC(=O)/C=C(\C)C(C)C)[C@@]3(C)[C@]4(O)CC[C@@]3(O)C(C)=O)C2)cc(OC)c1. The molecule has 10 nitrogen and oxygen atoms in total. The third kappa shape index (κ3) is 5.83. The number of benzene rings is 1. The van der Waals surface area contributed by atoms with Gasteiger partial charge in [-0.2, -0.15) is 0 Å². The van der Waals surface area contributed by atoms with E-state index in [1.807, 2.05) is 33.8 Å². The van der Waals surface area contributed by atoms with Gasteiger partial charge in [0, 0.05) is 30.6 Å². The van der Waals surface area contributed by atoms with Crippen LogP contribution in [-0.2, 0) is 23.9 Å². The summed E-state index contributed by atoms with van der Waals surface area (Å²) in [4.78, 5) is 39.3. The quantitative estimate of drug-likeness (QED) is 0.179. The maximum atomic E-state index is 13.3. The van der Waals surface area contributed by atoms with Crippen molar-refractivity contribution in [3.05, 3.63) is 53.1 Å². The lowest BCUT2D eigenvalue weighted by Gasteiger charge is -2.67. The van der Waals surface area contributed by atoms with Crippen LogP contribution in [0, 0.1) is 22.7 Å². The highest BCUT2D eigenvalue weighted by Crippen LogP contribution is 2.71. The van der Waals surface area contributed by atoms with E-state index < -0.39 is 63.5 Å². The smallest absolute Gasteiger partial charge is 0.331 e. The number of Topliss-reactive ketones (excluding diaryl/α,β-unsaturated/α-hetero) is 1. The van der Waals surface area contributed by atoms with Gasteiger partial charge in [0.1, 0.15) is 40.5 Å². The van der Waals surface area contributed by atoms with Crippen LogP contribution in [-0.4, -0.2) is 76.3 Å². The second kappa shape index (κ2) is 13.0. The lowest BCUT2D eigenvalue weighted by molar-refractivity contribution is -0.314. The second-order valence-corrected chi connectivity index (χ2v) is 15.3. The molecule has 0 saturated heterocycles.